The summed E-state index contributed by atoms with van der Waals surface area (Å²) in [5, 5.41) is 3.48. The van der Waals surface area contributed by atoms with Crippen molar-refractivity contribution in [2.45, 2.75) is 52.7 Å². The molecule has 0 saturated carbocycles. The van der Waals surface area contributed by atoms with Crippen molar-refractivity contribution in [3.05, 3.63) is 35.4 Å². The van der Waals surface area contributed by atoms with Crippen LogP contribution in [-0.2, 0) is 11.2 Å². The molecule has 20 heavy (non-hydrogen) atoms. The van der Waals surface area contributed by atoms with E-state index >= 15 is 0 Å². The highest BCUT2D eigenvalue weighted by atomic mass is 16.2. The molecule has 2 rings (SSSR count). The Morgan fingerprint density at radius 3 is 2.35 bits per heavy atom. The molecule has 1 N–H and O–H groups in total. The molecule has 0 spiro atoms. The Bertz CT molecular complexity index is 453. The van der Waals surface area contributed by atoms with Gasteiger partial charge in [0.15, 0.2) is 0 Å². The van der Waals surface area contributed by atoms with E-state index in [-0.39, 0.29) is 18.1 Å². The van der Waals surface area contributed by atoms with Crippen LogP contribution in [0, 0.1) is 5.92 Å². The lowest BCUT2D eigenvalue weighted by Gasteiger charge is -2.26. The van der Waals surface area contributed by atoms with E-state index in [2.05, 4.69) is 57.3 Å². The molecule has 3 nitrogen and oxygen atoms in total. The van der Waals surface area contributed by atoms with Gasteiger partial charge in [-0.2, -0.15) is 0 Å². The molecule has 2 unspecified atom stereocenters. The van der Waals surface area contributed by atoms with Crippen molar-refractivity contribution in [3.8, 4) is 0 Å². The average Bonchev–Trinajstić information content (AvgIpc) is 2.75. The third kappa shape index (κ3) is 3.04. The van der Waals surface area contributed by atoms with Gasteiger partial charge >= 0.3 is 0 Å². The summed E-state index contributed by atoms with van der Waals surface area (Å²) in [5.41, 5.74) is 2.52. The minimum atomic E-state index is -0.0374. The molecule has 1 aliphatic rings. The summed E-state index contributed by atoms with van der Waals surface area (Å²) in [6.45, 7) is 9.34. The highest BCUT2D eigenvalue weighted by Crippen LogP contribution is 2.27. The van der Waals surface area contributed by atoms with E-state index in [1.165, 1.54) is 11.1 Å². The average molecular weight is 274 g/mol. The minimum absolute atomic E-state index is 0.0285. The Hall–Kier alpha value is -1.35. The number of nitrogens with one attached hydrogen (secondary N) is 1. The van der Waals surface area contributed by atoms with E-state index in [0.717, 1.165) is 19.4 Å². The van der Waals surface area contributed by atoms with E-state index in [1.54, 1.807) is 0 Å². The van der Waals surface area contributed by atoms with Crippen LogP contribution in [0.25, 0.3) is 0 Å². The van der Waals surface area contributed by atoms with Crippen molar-refractivity contribution in [3.63, 3.8) is 0 Å². The van der Waals surface area contributed by atoms with Crippen molar-refractivity contribution < 1.29 is 4.79 Å². The van der Waals surface area contributed by atoms with E-state index in [4.69, 9.17) is 0 Å². The highest BCUT2D eigenvalue weighted by molar-refractivity contribution is 5.84. The number of carbonyl (C=O) groups excluding carboxylic acids is 1. The van der Waals surface area contributed by atoms with Crippen LogP contribution in [0.4, 0.5) is 0 Å². The van der Waals surface area contributed by atoms with Gasteiger partial charge in [0.25, 0.3) is 0 Å². The van der Waals surface area contributed by atoms with Crippen molar-refractivity contribution >= 4 is 5.91 Å². The van der Waals surface area contributed by atoms with E-state index in [9.17, 15) is 4.79 Å². The first kappa shape index (κ1) is 15.0. The van der Waals surface area contributed by atoms with Gasteiger partial charge in [0.05, 0.1) is 6.04 Å². The third-order valence-electron chi connectivity index (χ3n) is 3.93. The Labute approximate surface area is 122 Å². The van der Waals surface area contributed by atoms with Crippen LogP contribution in [0.15, 0.2) is 24.3 Å². The van der Waals surface area contributed by atoms with Crippen molar-refractivity contribution in [2.24, 2.45) is 5.92 Å². The number of hydrogen-bond donors (Lipinski definition) is 1. The fourth-order valence-corrected chi connectivity index (χ4v) is 2.77. The fraction of sp³-hybridized carbons (Fsp3) is 0.588. The first-order chi connectivity index (χ1) is 9.56. The molecule has 1 fully saturated rings. The number of carbonyl (C=O) groups is 1. The predicted octanol–water partition coefficient (Wildman–Crippen LogP) is 3.11. The van der Waals surface area contributed by atoms with E-state index in [0.29, 0.717) is 5.92 Å². The summed E-state index contributed by atoms with van der Waals surface area (Å²) >= 11 is 0. The maximum absolute atomic E-state index is 12.4. The van der Waals surface area contributed by atoms with Crippen molar-refractivity contribution in [2.75, 3.05) is 6.54 Å². The second-order valence-corrected chi connectivity index (χ2v) is 6.01. The Kier molecular flexibility index (Phi) is 4.81. The summed E-state index contributed by atoms with van der Waals surface area (Å²) in [6, 6.07) is 8.58. The number of benzene rings is 1. The van der Waals surface area contributed by atoms with Crippen LogP contribution in [-0.4, -0.2) is 23.4 Å². The molecule has 0 bridgehead atoms. The Morgan fingerprint density at radius 2 is 1.85 bits per heavy atom. The molecule has 1 aromatic carbocycles. The Balaban J connectivity index is 2.24. The van der Waals surface area contributed by atoms with E-state index in [1.807, 2.05) is 4.90 Å². The molecule has 0 aromatic heterocycles. The van der Waals surface area contributed by atoms with Gasteiger partial charge in [-0.05, 0) is 29.9 Å². The monoisotopic (exact) mass is 274 g/mol. The summed E-state index contributed by atoms with van der Waals surface area (Å²) < 4.78 is 0. The summed E-state index contributed by atoms with van der Waals surface area (Å²) in [5.74, 6) is 0.722. The van der Waals surface area contributed by atoms with Gasteiger partial charge in [-0.15, -0.1) is 0 Å². The standard InChI is InChI=1S/C17H26N2O/c1-5-13-7-9-14(10-8-13)16-18-15(6-2)17(20)19(16)11-12(3)4/h7-10,12,15-16,18H,5-6,11H2,1-4H3. The van der Waals surface area contributed by atoms with Crippen molar-refractivity contribution in [1.82, 2.24) is 10.2 Å². The number of nitrogens with zero attached hydrogens (tertiary/aromatic N) is 1. The number of hydrogen-bond acceptors (Lipinski definition) is 2. The highest BCUT2D eigenvalue weighted by Gasteiger charge is 2.38. The SMILES string of the molecule is CCc1ccc(C2NC(CC)C(=O)N2CC(C)C)cc1. The molecule has 0 aliphatic carbocycles. The van der Waals surface area contributed by atoms with Crippen molar-refractivity contribution in [1.29, 1.82) is 0 Å². The van der Waals surface area contributed by atoms with Crippen LogP contribution >= 0.6 is 0 Å². The van der Waals surface area contributed by atoms with Crippen LogP contribution in [0.5, 0.6) is 0 Å². The van der Waals surface area contributed by atoms with Gasteiger partial charge in [0.1, 0.15) is 6.17 Å². The van der Waals surface area contributed by atoms with Gasteiger partial charge in [-0.1, -0.05) is 52.0 Å². The second-order valence-electron chi connectivity index (χ2n) is 6.01. The third-order valence-corrected chi connectivity index (χ3v) is 3.93. The number of rotatable bonds is 5. The minimum Gasteiger partial charge on any atom is -0.321 e. The molecule has 1 heterocycles. The predicted molar refractivity (Wildman–Crippen MR) is 82.3 cm³/mol. The second kappa shape index (κ2) is 6.40. The van der Waals surface area contributed by atoms with Crippen LogP contribution in [0.1, 0.15) is 51.4 Å². The molecule has 3 heteroatoms. The van der Waals surface area contributed by atoms with Gasteiger partial charge in [-0.3, -0.25) is 10.1 Å². The molecule has 1 amide bonds. The Morgan fingerprint density at radius 1 is 1.20 bits per heavy atom. The fourth-order valence-electron chi connectivity index (χ4n) is 2.77. The lowest BCUT2D eigenvalue weighted by Crippen LogP contribution is -2.34. The molecule has 2 atom stereocenters. The normalized spacial score (nSPS) is 22.9. The first-order valence-corrected chi connectivity index (χ1v) is 7.72. The quantitative estimate of drug-likeness (QED) is 0.894. The van der Waals surface area contributed by atoms with Gasteiger partial charge in [-0.25, -0.2) is 0 Å². The first-order valence-electron chi connectivity index (χ1n) is 7.72. The van der Waals surface area contributed by atoms with Crippen LogP contribution < -0.4 is 5.32 Å². The zero-order chi connectivity index (χ0) is 14.7. The lowest BCUT2D eigenvalue weighted by atomic mass is 10.1. The molecule has 110 valence electrons. The van der Waals surface area contributed by atoms with Gasteiger partial charge < -0.3 is 4.90 Å². The molecule has 1 aliphatic heterocycles. The molecule has 1 aromatic rings. The summed E-state index contributed by atoms with van der Waals surface area (Å²) in [7, 11) is 0. The summed E-state index contributed by atoms with van der Waals surface area (Å²) in [6.07, 6.45) is 1.92. The van der Waals surface area contributed by atoms with Crippen LogP contribution in [0.3, 0.4) is 0 Å². The number of aryl methyl sites for hydroxylation is 1. The zero-order valence-electron chi connectivity index (χ0n) is 13.0. The maximum Gasteiger partial charge on any atom is 0.241 e. The van der Waals surface area contributed by atoms with Crippen LogP contribution in [0.2, 0.25) is 0 Å². The van der Waals surface area contributed by atoms with Gasteiger partial charge in [0.2, 0.25) is 5.91 Å². The molecular weight excluding hydrogens is 248 g/mol. The molecule has 0 radical (unpaired) electrons. The van der Waals surface area contributed by atoms with E-state index < -0.39 is 0 Å². The lowest BCUT2D eigenvalue weighted by molar-refractivity contribution is -0.130. The topological polar surface area (TPSA) is 32.3 Å². The molecule has 1 saturated heterocycles. The largest absolute Gasteiger partial charge is 0.321 e. The maximum atomic E-state index is 12.4. The number of amides is 1. The molecular formula is C17H26N2O. The smallest absolute Gasteiger partial charge is 0.241 e. The van der Waals surface area contributed by atoms with Gasteiger partial charge in [0, 0.05) is 6.54 Å². The summed E-state index contributed by atoms with van der Waals surface area (Å²) in [4.78, 5) is 14.4. The zero-order valence-corrected chi connectivity index (χ0v) is 13.0.